The number of aryl methyl sites for hydroxylation is 1. The second kappa shape index (κ2) is 8.35. The van der Waals surface area contributed by atoms with Gasteiger partial charge in [0.2, 0.25) is 11.8 Å². The number of nitrogens with one attached hydrogen (secondary N) is 2. The summed E-state index contributed by atoms with van der Waals surface area (Å²) in [4.78, 5) is 36.4. The number of likely N-dealkylation sites (N-methyl/N-ethyl adjacent to an activating group) is 1. The van der Waals surface area contributed by atoms with Crippen molar-refractivity contribution in [1.82, 2.24) is 14.9 Å². The van der Waals surface area contributed by atoms with Crippen LogP contribution < -0.4 is 15.5 Å². The molecule has 1 aromatic carbocycles. The van der Waals surface area contributed by atoms with E-state index < -0.39 is 0 Å². The molecule has 2 amide bonds. The van der Waals surface area contributed by atoms with E-state index >= 15 is 0 Å². The molecule has 2 N–H and O–H groups in total. The van der Waals surface area contributed by atoms with Gasteiger partial charge in [-0.15, -0.1) is 0 Å². The van der Waals surface area contributed by atoms with Gasteiger partial charge in [0.05, 0.1) is 6.54 Å². The van der Waals surface area contributed by atoms with Crippen LogP contribution in [0.2, 0.25) is 0 Å². The lowest BCUT2D eigenvalue weighted by molar-refractivity contribution is -0.117. The molecule has 0 radical (unpaired) electrons. The lowest BCUT2D eigenvalue weighted by Gasteiger charge is -2.45. The molecule has 0 aliphatic carbocycles. The van der Waals surface area contributed by atoms with Crippen molar-refractivity contribution >= 4 is 29.0 Å². The van der Waals surface area contributed by atoms with E-state index in [1.165, 1.54) is 6.92 Å². The Morgan fingerprint density at radius 1 is 1.18 bits per heavy atom. The first-order valence-electron chi connectivity index (χ1n) is 9.24. The second-order valence-electron chi connectivity index (χ2n) is 7.19. The first-order valence-corrected chi connectivity index (χ1v) is 9.24. The molecule has 1 aromatic heterocycles. The maximum Gasteiger partial charge on any atom is 0.238 e. The Labute approximate surface area is 165 Å². The molecule has 0 saturated carbocycles. The van der Waals surface area contributed by atoms with Gasteiger partial charge in [-0.3, -0.25) is 14.5 Å². The van der Waals surface area contributed by atoms with E-state index in [0.717, 1.165) is 30.2 Å². The lowest BCUT2D eigenvalue weighted by Crippen LogP contribution is -2.60. The van der Waals surface area contributed by atoms with Gasteiger partial charge < -0.3 is 15.5 Å². The molecule has 0 atom stereocenters. The fourth-order valence-electron chi connectivity index (χ4n) is 3.19. The van der Waals surface area contributed by atoms with E-state index in [-0.39, 0.29) is 11.8 Å². The maximum atomic E-state index is 12.4. The highest BCUT2D eigenvalue weighted by Crippen LogP contribution is 2.25. The molecule has 148 valence electrons. The van der Waals surface area contributed by atoms with Gasteiger partial charge in [0.1, 0.15) is 12.1 Å². The average Bonchev–Trinajstić information content (AvgIpc) is 2.56. The Morgan fingerprint density at radius 2 is 1.86 bits per heavy atom. The first-order chi connectivity index (χ1) is 13.3. The van der Waals surface area contributed by atoms with Gasteiger partial charge >= 0.3 is 0 Å². The number of amides is 2. The third kappa shape index (κ3) is 4.64. The van der Waals surface area contributed by atoms with E-state index in [0.29, 0.717) is 24.0 Å². The van der Waals surface area contributed by atoms with E-state index in [4.69, 9.17) is 0 Å². The van der Waals surface area contributed by atoms with Gasteiger partial charge in [-0.2, -0.15) is 0 Å². The van der Waals surface area contributed by atoms with Gasteiger partial charge in [-0.1, -0.05) is 6.07 Å². The Morgan fingerprint density at radius 3 is 2.54 bits per heavy atom. The second-order valence-corrected chi connectivity index (χ2v) is 7.19. The number of rotatable bonds is 6. The van der Waals surface area contributed by atoms with Crippen LogP contribution in [0.25, 0.3) is 0 Å². The number of aromatic nitrogens is 2. The highest BCUT2D eigenvalue weighted by atomic mass is 16.2. The molecular weight excluding hydrogens is 356 g/mol. The highest BCUT2D eigenvalue weighted by molar-refractivity contribution is 5.94. The van der Waals surface area contributed by atoms with Crippen molar-refractivity contribution in [3.63, 3.8) is 0 Å². The van der Waals surface area contributed by atoms with Gasteiger partial charge in [-0.05, 0) is 39.1 Å². The Bertz CT molecular complexity index is 879. The summed E-state index contributed by atoms with van der Waals surface area (Å²) in [5.74, 6) is 0.734. The first kappa shape index (κ1) is 19.8. The number of anilines is 3. The molecule has 1 saturated heterocycles. The minimum Gasteiger partial charge on any atom is -0.353 e. The molecule has 1 fully saturated rings. The molecule has 0 spiro atoms. The zero-order valence-electron chi connectivity index (χ0n) is 16.7. The van der Waals surface area contributed by atoms with Gasteiger partial charge in [-0.25, -0.2) is 9.97 Å². The summed E-state index contributed by atoms with van der Waals surface area (Å²) >= 11 is 0. The number of hydrogen-bond donors (Lipinski definition) is 2. The van der Waals surface area contributed by atoms with Crippen LogP contribution >= 0.6 is 0 Å². The van der Waals surface area contributed by atoms with Crippen molar-refractivity contribution < 1.29 is 9.59 Å². The van der Waals surface area contributed by atoms with Gasteiger partial charge in [0.15, 0.2) is 0 Å². The summed E-state index contributed by atoms with van der Waals surface area (Å²) in [6.07, 6.45) is 1.59. The van der Waals surface area contributed by atoms with Gasteiger partial charge in [0.25, 0.3) is 0 Å². The number of benzene rings is 1. The van der Waals surface area contributed by atoms with Crippen LogP contribution in [0.3, 0.4) is 0 Å². The summed E-state index contributed by atoms with van der Waals surface area (Å²) in [7, 11) is 1.95. The topological polar surface area (TPSA) is 90.5 Å². The van der Waals surface area contributed by atoms with Crippen LogP contribution in [-0.2, 0) is 9.59 Å². The SMILES string of the molecule is CC(=O)Nc1cccc(NC(=O)CN(C)C2CN(c3ncnc(C)c3C)C2)c1. The monoisotopic (exact) mass is 382 g/mol. The van der Waals surface area contributed by atoms with Crippen molar-refractivity contribution in [3.8, 4) is 0 Å². The minimum atomic E-state index is -0.146. The molecule has 1 aliphatic heterocycles. The van der Waals surface area contributed by atoms with Crippen LogP contribution in [0.1, 0.15) is 18.2 Å². The Kier molecular flexibility index (Phi) is 5.89. The number of hydrogen-bond acceptors (Lipinski definition) is 6. The van der Waals surface area contributed by atoms with Gasteiger partial charge in [0, 0.05) is 48.7 Å². The fraction of sp³-hybridized carbons (Fsp3) is 0.400. The van der Waals surface area contributed by atoms with E-state index in [2.05, 4.69) is 25.5 Å². The number of carbonyl (C=O) groups is 2. The average molecular weight is 382 g/mol. The van der Waals surface area contributed by atoms with Crippen molar-refractivity contribution in [2.24, 2.45) is 0 Å². The minimum absolute atomic E-state index is 0.0880. The van der Waals surface area contributed by atoms with Crippen molar-refractivity contribution in [2.45, 2.75) is 26.8 Å². The quantitative estimate of drug-likeness (QED) is 0.792. The standard InChI is InChI=1S/C20H26N6O2/c1-13-14(2)21-12-22-20(13)26-9-18(10-26)25(4)11-19(28)24-17-7-5-6-16(8-17)23-15(3)27/h5-8,12,18H,9-11H2,1-4H3,(H,23,27)(H,24,28). The highest BCUT2D eigenvalue weighted by Gasteiger charge is 2.32. The van der Waals surface area contributed by atoms with Crippen LogP contribution in [-0.4, -0.2) is 59.4 Å². The van der Waals surface area contributed by atoms with Crippen LogP contribution in [0.4, 0.5) is 17.2 Å². The zero-order valence-corrected chi connectivity index (χ0v) is 16.7. The number of nitrogens with zero attached hydrogens (tertiary/aromatic N) is 4. The smallest absolute Gasteiger partial charge is 0.238 e. The normalized spacial score (nSPS) is 14.0. The summed E-state index contributed by atoms with van der Waals surface area (Å²) in [5.41, 5.74) is 3.40. The predicted molar refractivity (Wildman–Crippen MR) is 110 cm³/mol. The van der Waals surface area contributed by atoms with E-state index in [1.54, 1.807) is 30.6 Å². The Balaban J connectivity index is 1.50. The van der Waals surface area contributed by atoms with Crippen molar-refractivity contribution in [1.29, 1.82) is 0 Å². The predicted octanol–water partition coefficient (Wildman–Crippen LogP) is 1.81. The Hall–Kier alpha value is -3.00. The molecule has 0 bridgehead atoms. The van der Waals surface area contributed by atoms with E-state index in [9.17, 15) is 9.59 Å². The zero-order chi connectivity index (χ0) is 20.3. The third-order valence-corrected chi connectivity index (χ3v) is 4.95. The molecule has 1 aliphatic rings. The van der Waals surface area contributed by atoms with Crippen LogP contribution in [0.5, 0.6) is 0 Å². The summed E-state index contributed by atoms with van der Waals surface area (Å²) < 4.78 is 0. The fourth-order valence-corrected chi connectivity index (χ4v) is 3.19. The van der Waals surface area contributed by atoms with Crippen LogP contribution in [0.15, 0.2) is 30.6 Å². The molecule has 28 heavy (non-hydrogen) atoms. The molecule has 3 rings (SSSR count). The summed E-state index contributed by atoms with van der Waals surface area (Å²) in [6.45, 7) is 7.43. The summed E-state index contributed by atoms with van der Waals surface area (Å²) in [6, 6.07) is 7.41. The molecule has 2 aromatic rings. The summed E-state index contributed by atoms with van der Waals surface area (Å²) in [5, 5.41) is 5.59. The molecule has 8 nitrogen and oxygen atoms in total. The molecular formula is C20H26N6O2. The third-order valence-electron chi connectivity index (χ3n) is 4.95. The number of carbonyl (C=O) groups excluding carboxylic acids is 2. The van der Waals surface area contributed by atoms with Crippen LogP contribution in [0, 0.1) is 13.8 Å². The van der Waals surface area contributed by atoms with E-state index in [1.807, 2.05) is 25.8 Å². The molecule has 8 heteroatoms. The maximum absolute atomic E-state index is 12.4. The van der Waals surface area contributed by atoms with Crippen molar-refractivity contribution in [2.75, 3.05) is 42.2 Å². The lowest BCUT2D eigenvalue weighted by atomic mass is 10.1. The van der Waals surface area contributed by atoms with Crippen molar-refractivity contribution in [3.05, 3.63) is 41.9 Å². The molecule has 0 unspecified atom stereocenters. The largest absolute Gasteiger partial charge is 0.353 e. The molecule has 2 heterocycles.